The van der Waals surface area contributed by atoms with Crippen LogP contribution in [0.15, 0.2) is 72.8 Å². The van der Waals surface area contributed by atoms with Crippen LogP contribution in [0.5, 0.6) is 5.75 Å². The van der Waals surface area contributed by atoms with Gasteiger partial charge in [0, 0.05) is 16.9 Å². The number of methoxy groups -OCH3 is 1. The summed E-state index contributed by atoms with van der Waals surface area (Å²) in [5.74, 6) is -0.109. The number of nitrogens with one attached hydrogen (secondary N) is 2. The van der Waals surface area contributed by atoms with Gasteiger partial charge in [-0.1, -0.05) is 12.1 Å². The van der Waals surface area contributed by atoms with Gasteiger partial charge < -0.3 is 15.4 Å². The third kappa shape index (κ3) is 5.17. The first-order chi connectivity index (χ1) is 13.5. The summed E-state index contributed by atoms with van der Waals surface area (Å²) in [6.07, 6.45) is 0.139. The molecule has 6 heteroatoms. The van der Waals surface area contributed by atoms with Gasteiger partial charge in [-0.15, -0.1) is 0 Å². The largest absolute Gasteiger partial charge is 0.497 e. The lowest BCUT2D eigenvalue weighted by atomic mass is 10.1. The second-order valence-corrected chi connectivity index (χ2v) is 6.11. The van der Waals surface area contributed by atoms with E-state index in [9.17, 15) is 14.0 Å². The summed E-state index contributed by atoms with van der Waals surface area (Å²) < 4.78 is 18.0. The first kappa shape index (κ1) is 19.1. The Morgan fingerprint density at radius 3 is 2.00 bits per heavy atom. The smallest absolute Gasteiger partial charge is 0.255 e. The fourth-order valence-corrected chi connectivity index (χ4v) is 2.58. The molecular weight excluding hydrogens is 359 g/mol. The van der Waals surface area contributed by atoms with E-state index in [1.54, 1.807) is 67.8 Å². The van der Waals surface area contributed by atoms with Crippen LogP contribution in [-0.2, 0) is 11.2 Å². The Kier molecular flexibility index (Phi) is 6.01. The number of carbonyl (C=O) groups is 2. The van der Waals surface area contributed by atoms with E-state index in [4.69, 9.17) is 4.74 Å². The fraction of sp³-hybridized carbons (Fsp3) is 0.0909. The Morgan fingerprint density at radius 1 is 0.821 bits per heavy atom. The molecule has 2 N–H and O–H groups in total. The lowest BCUT2D eigenvalue weighted by Gasteiger charge is -2.08. The maximum atomic E-state index is 12.9. The van der Waals surface area contributed by atoms with E-state index in [1.165, 1.54) is 12.1 Å². The van der Waals surface area contributed by atoms with E-state index < -0.39 is 0 Å². The van der Waals surface area contributed by atoms with Crippen LogP contribution in [-0.4, -0.2) is 18.9 Å². The zero-order valence-electron chi connectivity index (χ0n) is 15.2. The van der Waals surface area contributed by atoms with E-state index >= 15 is 0 Å². The molecule has 0 unspecified atom stereocenters. The Bertz CT molecular complexity index is 953. The van der Waals surface area contributed by atoms with Crippen molar-refractivity contribution in [2.75, 3.05) is 17.7 Å². The predicted molar refractivity (Wildman–Crippen MR) is 106 cm³/mol. The minimum atomic E-state index is -0.340. The molecule has 3 aromatic carbocycles. The Hall–Kier alpha value is -3.67. The van der Waals surface area contributed by atoms with Crippen LogP contribution in [0.4, 0.5) is 15.8 Å². The quantitative estimate of drug-likeness (QED) is 0.673. The summed E-state index contributed by atoms with van der Waals surface area (Å²) in [5, 5.41) is 5.55. The highest BCUT2D eigenvalue weighted by molar-refractivity contribution is 6.04. The molecule has 2 amide bonds. The Balaban J connectivity index is 1.56. The van der Waals surface area contributed by atoms with Crippen molar-refractivity contribution in [3.8, 4) is 5.75 Å². The normalized spacial score (nSPS) is 10.2. The molecule has 3 rings (SSSR count). The van der Waals surface area contributed by atoms with Crippen molar-refractivity contribution >= 4 is 23.2 Å². The number of anilines is 2. The van der Waals surface area contributed by atoms with E-state index in [1.807, 2.05) is 0 Å². The van der Waals surface area contributed by atoms with Gasteiger partial charge in [-0.05, 0) is 66.2 Å². The molecule has 5 nitrogen and oxygen atoms in total. The number of halogens is 1. The minimum absolute atomic E-state index is 0.139. The molecular formula is C22H19FN2O3. The van der Waals surface area contributed by atoms with Gasteiger partial charge >= 0.3 is 0 Å². The number of amides is 2. The summed E-state index contributed by atoms with van der Waals surface area (Å²) in [6, 6.07) is 19.4. The van der Waals surface area contributed by atoms with Crippen LogP contribution in [0.1, 0.15) is 15.9 Å². The van der Waals surface area contributed by atoms with Gasteiger partial charge in [-0.25, -0.2) is 4.39 Å². The molecule has 3 aromatic rings. The topological polar surface area (TPSA) is 67.4 Å². The Morgan fingerprint density at radius 2 is 1.39 bits per heavy atom. The molecule has 0 spiro atoms. The summed E-state index contributed by atoms with van der Waals surface area (Å²) in [4.78, 5) is 24.4. The van der Waals surface area contributed by atoms with Gasteiger partial charge in [0.05, 0.1) is 13.5 Å². The fourth-order valence-electron chi connectivity index (χ4n) is 2.58. The van der Waals surface area contributed by atoms with Crippen molar-refractivity contribution in [2.45, 2.75) is 6.42 Å². The van der Waals surface area contributed by atoms with Crippen LogP contribution in [0.3, 0.4) is 0 Å². The lowest BCUT2D eigenvalue weighted by Crippen LogP contribution is -2.15. The second kappa shape index (κ2) is 8.81. The van der Waals surface area contributed by atoms with Crippen LogP contribution < -0.4 is 15.4 Å². The molecule has 28 heavy (non-hydrogen) atoms. The van der Waals surface area contributed by atoms with Crippen LogP contribution >= 0.6 is 0 Å². The van der Waals surface area contributed by atoms with E-state index in [0.29, 0.717) is 22.7 Å². The number of ether oxygens (including phenoxy) is 1. The minimum Gasteiger partial charge on any atom is -0.497 e. The van der Waals surface area contributed by atoms with Gasteiger partial charge in [-0.2, -0.15) is 0 Å². The predicted octanol–water partition coefficient (Wildman–Crippen LogP) is 4.27. The van der Waals surface area contributed by atoms with Crippen molar-refractivity contribution < 1.29 is 18.7 Å². The molecule has 0 aliphatic heterocycles. The maximum absolute atomic E-state index is 12.9. The van der Waals surface area contributed by atoms with E-state index in [2.05, 4.69) is 10.6 Å². The zero-order chi connectivity index (χ0) is 19.9. The van der Waals surface area contributed by atoms with Gasteiger partial charge in [0.2, 0.25) is 5.91 Å². The summed E-state index contributed by atoms with van der Waals surface area (Å²) in [5.41, 5.74) is 2.41. The van der Waals surface area contributed by atoms with Gasteiger partial charge in [0.25, 0.3) is 5.91 Å². The highest BCUT2D eigenvalue weighted by atomic mass is 19.1. The monoisotopic (exact) mass is 378 g/mol. The second-order valence-electron chi connectivity index (χ2n) is 6.11. The third-order valence-electron chi connectivity index (χ3n) is 4.06. The first-order valence-electron chi connectivity index (χ1n) is 8.63. The van der Waals surface area contributed by atoms with Crippen molar-refractivity contribution in [3.05, 3.63) is 89.7 Å². The molecule has 0 aliphatic carbocycles. The van der Waals surface area contributed by atoms with Crippen molar-refractivity contribution in [1.82, 2.24) is 0 Å². The van der Waals surface area contributed by atoms with Crippen molar-refractivity contribution in [2.24, 2.45) is 0 Å². The molecule has 0 atom stereocenters. The summed E-state index contributed by atoms with van der Waals surface area (Å²) in [6.45, 7) is 0. The van der Waals surface area contributed by atoms with Crippen molar-refractivity contribution in [3.63, 3.8) is 0 Å². The average molecular weight is 378 g/mol. The Labute approximate surface area is 162 Å². The molecule has 0 aromatic heterocycles. The third-order valence-corrected chi connectivity index (χ3v) is 4.06. The van der Waals surface area contributed by atoms with Gasteiger partial charge in [0.15, 0.2) is 0 Å². The summed E-state index contributed by atoms with van der Waals surface area (Å²) in [7, 11) is 1.58. The lowest BCUT2D eigenvalue weighted by molar-refractivity contribution is -0.115. The molecule has 0 saturated heterocycles. The van der Waals surface area contributed by atoms with Crippen LogP contribution in [0, 0.1) is 5.82 Å². The number of hydrogen-bond acceptors (Lipinski definition) is 3. The molecule has 0 bridgehead atoms. The highest BCUT2D eigenvalue weighted by Crippen LogP contribution is 2.17. The number of rotatable bonds is 6. The molecule has 142 valence electrons. The van der Waals surface area contributed by atoms with E-state index in [0.717, 1.165) is 5.56 Å². The molecule has 0 radical (unpaired) electrons. The van der Waals surface area contributed by atoms with Crippen LogP contribution in [0.2, 0.25) is 0 Å². The molecule has 0 saturated carbocycles. The first-order valence-corrected chi connectivity index (χ1v) is 8.63. The number of carbonyl (C=O) groups excluding carboxylic acids is 2. The van der Waals surface area contributed by atoms with Gasteiger partial charge in [0.1, 0.15) is 11.6 Å². The van der Waals surface area contributed by atoms with E-state index in [-0.39, 0.29) is 24.1 Å². The SMILES string of the molecule is COc1ccc(NC(=O)c2ccc(NC(=O)Cc3ccc(F)cc3)cc2)cc1. The molecule has 0 aliphatic rings. The zero-order valence-corrected chi connectivity index (χ0v) is 15.2. The number of benzene rings is 3. The maximum Gasteiger partial charge on any atom is 0.255 e. The number of hydrogen-bond donors (Lipinski definition) is 2. The average Bonchev–Trinajstić information content (AvgIpc) is 2.71. The van der Waals surface area contributed by atoms with Crippen molar-refractivity contribution in [1.29, 1.82) is 0 Å². The van der Waals surface area contributed by atoms with Crippen LogP contribution in [0.25, 0.3) is 0 Å². The van der Waals surface area contributed by atoms with Gasteiger partial charge in [-0.3, -0.25) is 9.59 Å². The highest BCUT2D eigenvalue weighted by Gasteiger charge is 2.08. The summed E-state index contributed by atoms with van der Waals surface area (Å²) >= 11 is 0. The molecule has 0 fully saturated rings. The standard InChI is InChI=1S/C22H19FN2O3/c1-28-20-12-10-19(11-13-20)25-22(27)16-4-8-18(9-5-16)24-21(26)14-15-2-6-17(23)7-3-15/h2-13H,14H2,1H3,(H,24,26)(H,25,27). The molecule has 0 heterocycles.